The van der Waals surface area contributed by atoms with E-state index in [0.29, 0.717) is 0 Å². The smallest absolute Gasteiger partial charge is 0.143 e. The Morgan fingerprint density at radius 2 is 0.562 bits per heavy atom. The van der Waals surface area contributed by atoms with Gasteiger partial charge in [-0.1, -0.05) is 206 Å². The van der Waals surface area contributed by atoms with E-state index in [1.807, 2.05) is 12.1 Å². The SMILES string of the molecule is c1ccc2c(-c3ccc(-c4ccc(N(c5ccc(-c6ccc(-c7cccc8ccccc78)cc6)cc5)c5ccc(-c6cccc7c6oc6ccccc67)cc5)cc4)cc3)cccc2c1. The van der Waals surface area contributed by atoms with Gasteiger partial charge in [-0.2, -0.15) is 0 Å². The minimum atomic E-state index is 0.904. The third kappa shape index (κ3) is 6.70. The first-order chi connectivity index (χ1) is 31.7. The van der Waals surface area contributed by atoms with Crippen LogP contribution < -0.4 is 4.90 Å². The van der Waals surface area contributed by atoms with E-state index < -0.39 is 0 Å². The van der Waals surface area contributed by atoms with Crippen LogP contribution in [0, 0.1) is 0 Å². The molecule has 12 aromatic rings. The van der Waals surface area contributed by atoms with E-state index in [2.05, 4.69) is 241 Å². The Morgan fingerprint density at radius 1 is 0.234 bits per heavy atom. The summed E-state index contributed by atoms with van der Waals surface area (Å²) in [6, 6.07) is 89.5. The Balaban J connectivity index is 0.879. The molecule has 0 saturated carbocycles. The predicted octanol–water partition coefficient (Wildman–Crippen LogP) is 17.7. The predicted molar refractivity (Wildman–Crippen MR) is 271 cm³/mol. The molecule has 2 nitrogen and oxygen atoms in total. The van der Waals surface area contributed by atoms with Crippen molar-refractivity contribution in [3.8, 4) is 55.6 Å². The first kappa shape index (κ1) is 37.3. The normalized spacial score (nSPS) is 11.4. The first-order valence-electron chi connectivity index (χ1n) is 21.9. The summed E-state index contributed by atoms with van der Waals surface area (Å²) in [5.74, 6) is 0. The largest absolute Gasteiger partial charge is 0.455 e. The second-order valence-corrected chi connectivity index (χ2v) is 16.5. The summed E-state index contributed by atoms with van der Waals surface area (Å²) in [4.78, 5) is 2.34. The lowest BCUT2D eigenvalue weighted by molar-refractivity contribution is 0.670. The van der Waals surface area contributed by atoms with Crippen LogP contribution in [-0.2, 0) is 0 Å². The van der Waals surface area contributed by atoms with Crippen LogP contribution in [0.2, 0.25) is 0 Å². The standard InChI is InChI=1S/C62H41NO/c1-3-14-54-46(10-1)12-7-17-56(54)48-26-22-42(23-27-48)44-30-36-51(37-31-44)63(53-40-34-50(35-41-53)58-19-9-20-60-59-16-5-6-21-61(59)64-62(58)60)52-38-32-45(33-39-52)43-24-28-49(29-25-43)57-18-8-13-47-11-2-4-15-55(47)57/h1-41H. The molecule has 0 radical (unpaired) electrons. The van der Waals surface area contributed by atoms with Gasteiger partial charge in [0.15, 0.2) is 0 Å². The molecule has 0 atom stereocenters. The Morgan fingerprint density at radius 3 is 1.06 bits per heavy atom. The molecule has 0 aliphatic rings. The third-order valence-corrected chi connectivity index (χ3v) is 12.7. The molecule has 0 fully saturated rings. The van der Waals surface area contributed by atoms with Crippen molar-refractivity contribution in [1.82, 2.24) is 0 Å². The fourth-order valence-electron chi connectivity index (χ4n) is 9.46. The van der Waals surface area contributed by atoms with Gasteiger partial charge in [0.25, 0.3) is 0 Å². The molecule has 0 saturated heterocycles. The second-order valence-electron chi connectivity index (χ2n) is 16.5. The molecule has 300 valence electrons. The van der Waals surface area contributed by atoms with Crippen molar-refractivity contribution in [1.29, 1.82) is 0 Å². The van der Waals surface area contributed by atoms with E-state index in [0.717, 1.165) is 50.1 Å². The monoisotopic (exact) mass is 815 g/mol. The van der Waals surface area contributed by atoms with Crippen molar-refractivity contribution in [2.24, 2.45) is 0 Å². The summed E-state index contributed by atoms with van der Waals surface area (Å²) in [5.41, 5.74) is 16.9. The molecule has 0 unspecified atom stereocenters. The second kappa shape index (κ2) is 15.8. The minimum Gasteiger partial charge on any atom is -0.455 e. The van der Waals surface area contributed by atoms with E-state index in [4.69, 9.17) is 4.42 Å². The van der Waals surface area contributed by atoms with E-state index in [9.17, 15) is 0 Å². The molecule has 0 N–H and O–H groups in total. The van der Waals surface area contributed by atoms with Crippen LogP contribution in [0.1, 0.15) is 0 Å². The van der Waals surface area contributed by atoms with Gasteiger partial charge in [-0.25, -0.2) is 0 Å². The number of rotatable bonds is 8. The molecular formula is C62H41NO. The summed E-state index contributed by atoms with van der Waals surface area (Å²) in [6.07, 6.45) is 0. The summed E-state index contributed by atoms with van der Waals surface area (Å²) in [7, 11) is 0. The van der Waals surface area contributed by atoms with E-state index in [-0.39, 0.29) is 0 Å². The maximum atomic E-state index is 6.43. The van der Waals surface area contributed by atoms with Crippen LogP contribution in [-0.4, -0.2) is 0 Å². The molecule has 0 spiro atoms. The van der Waals surface area contributed by atoms with Gasteiger partial charge in [-0.3, -0.25) is 0 Å². The molecule has 0 bridgehead atoms. The van der Waals surface area contributed by atoms with Crippen molar-refractivity contribution in [3.05, 3.63) is 249 Å². The number of benzene rings is 11. The minimum absolute atomic E-state index is 0.904. The lowest BCUT2D eigenvalue weighted by atomic mass is 9.96. The summed E-state index contributed by atoms with van der Waals surface area (Å²) in [5, 5.41) is 7.31. The number of para-hydroxylation sites is 2. The maximum absolute atomic E-state index is 6.43. The molecule has 2 heteroatoms. The fourth-order valence-corrected chi connectivity index (χ4v) is 9.46. The lowest BCUT2D eigenvalue weighted by Gasteiger charge is -2.26. The van der Waals surface area contributed by atoms with E-state index >= 15 is 0 Å². The maximum Gasteiger partial charge on any atom is 0.143 e. The lowest BCUT2D eigenvalue weighted by Crippen LogP contribution is -2.09. The molecule has 1 aromatic heterocycles. The Labute approximate surface area is 372 Å². The van der Waals surface area contributed by atoms with Gasteiger partial charge in [-0.05, 0) is 114 Å². The first-order valence-corrected chi connectivity index (χ1v) is 21.9. The molecular weight excluding hydrogens is 775 g/mol. The third-order valence-electron chi connectivity index (χ3n) is 12.7. The number of anilines is 3. The number of fused-ring (bicyclic) bond motifs is 5. The molecule has 12 rings (SSSR count). The summed E-state index contributed by atoms with van der Waals surface area (Å²) in [6.45, 7) is 0. The van der Waals surface area contributed by atoms with Crippen molar-refractivity contribution >= 4 is 60.5 Å². The van der Waals surface area contributed by atoms with Crippen molar-refractivity contribution in [3.63, 3.8) is 0 Å². The van der Waals surface area contributed by atoms with Crippen LogP contribution >= 0.6 is 0 Å². The Kier molecular flexibility index (Phi) is 9.20. The van der Waals surface area contributed by atoms with Gasteiger partial charge >= 0.3 is 0 Å². The van der Waals surface area contributed by atoms with E-state index in [1.165, 1.54) is 66.1 Å². The zero-order valence-electron chi connectivity index (χ0n) is 35.0. The number of nitrogens with zero attached hydrogens (tertiary/aromatic N) is 1. The quantitative estimate of drug-likeness (QED) is 0.152. The van der Waals surface area contributed by atoms with Crippen LogP contribution in [0.25, 0.3) is 99.1 Å². The van der Waals surface area contributed by atoms with Gasteiger partial charge < -0.3 is 9.32 Å². The van der Waals surface area contributed by atoms with Gasteiger partial charge in [0, 0.05) is 33.4 Å². The van der Waals surface area contributed by atoms with Crippen LogP contribution in [0.15, 0.2) is 253 Å². The van der Waals surface area contributed by atoms with Gasteiger partial charge in [0.2, 0.25) is 0 Å². The highest BCUT2D eigenvalue weighted by Gasteiger charge is 2.16. The zero-order valence-corrected chi connectivity index (χ0v) is 35.0. The van der Waals surface area contributed by atoms with Crippen molar-refractivity contribution < 1.29 is 4.42 Å². The Bertz CT molecular complexity index is 3440. The van der Waals surface area contributed by atoms with Gasteiger partial charge in [0.1, 0.15) is 11.2 Å². The molecule has 11 aromatic carbocycles. The van der Waals surface area contributed by atoms with Crippen LogP contribution in [0.3, 0.4) is 0 Å². The zero-order chi connectivity index (χ0) is 42.4. The summed E-state index contributed by atoms with van der Waals surface area (Å²) < 4.78 is 6.43. The van der Waals surface area contributed by atoms with Crippen molar-refractivity contribution in [2.75, 3.05) is 4.90 Å². The topological polar surface area (TPSA) is 16.4 Å². The van der Waals surface area contributed by atoms with Gasteiger partial charge in [0.05, 0.1) is 0 Å². The highest BCUT2D eigenvalue weighted by molar-refractivity contribution is 6.09. The molecule has 0 aliphatic carbocycles. The molecule has 0 amide bonds. The van der Waals surface area contributed by atoms with Crippen LogP contribution in [0.5, 0.6) is 0 Å². The molecule has 1 heterocycles. The van der Waals surface area contributed by atoms with Gasteiger partial charge in [-0.15, -0.1) is 0 Å². The van der Waals surface area contributed by atoms with Crippen molar-refractivity contribution in [2.45, 2.75) is 0 Å². The number of hydrogen-bond acceptors (Lipinski definition) is 2. The number of hydrogen-bond donors (Lipinski definition) is 0. The average Bonchev–Trinajstić information content (AvgIpc) is 3.76. The molecule has 64 heavy (non-hydrogen) atoms. The highest BCUT2D eigenvalue weighted by atomic mass is 16.3. The number of furan rings is 1. The highest BCUT2D eigenvalue weighted by Crippen LogP contribution is 2.41. The Hall–Kier alpha value is -8.46. The molecule has 0 aliphatic heterocycles. The average molecular weight is 816 g/mol. The summed E-state index contributed by atoms with van der Waals surface area (Å²) >= 11 is 0. The van der Waals surface area contributed by atoms with E-state index in [1.54, 1.807) is 0 Å². The van der Waals surface area contributed by atoms with Crippen LogP contribution in [0.4, 0.5) is 17.1 Å². The fraction of sp³-hybridized carbons (Fsp3) is 0.